The molecule has 0 heterocycles. The number of hydrogen-bond acceptors (Lipinski definition) is 2. The molecule has 0 aliphatic rings. The van der Waals surface area contributed by atoms with Gasteiger partial charge in [0, 0.05) is 13.0 Å². The molecule has 80 valence electrons. The van der Waals surface area contributed by atoms with Crippen LogP contribution >= 0.6 is 12.2 Å². The fourth-order valence-corrected chi connectivity index (χ4v) is 0.870. The first-order valence-electron chi connectivity index (χ1n) is 4.64. The molecule has 0 radical (unpaired) electrons. The Labute approximate surface area is 90.1 Å². The van der Waals surface area contributed by atoms with E-state index in [9.17, 15) is 4.79 Å². The number of unbranched alkanes of at least 4 members (excludes halogenated alkanes) is 1. The number of rotatable bonds is 5. The summed E-state index contributed by atoms with van der Waals surface area (Å²) < 4.78 is 0. The Morgan fingerprint density at radius 2 is 2.21 bits per heavy atom. The van der Waals surface area contributed by atoms with Gasteiger partial charge in [-0.2, -0.15) is 0 Å². The quantitative estimate of drug-likeness (QED) is 0.362. The van der Waals surface area contributed by atoms with E-state index in [2.05, 4.69) is 22.7 Å². The Balaban J connectivity index is 3.45. The Kier molecular flexibility index (Phi) is 7.83. The molecule has 0 aromatic carbocycles. The van der Waals surface area contributed by atoms with Crippen LogP contribution in [0.5, 0.6) is 0 Å². The maximum Gasteiger partial charge on any atom is 0.238 e. The average Bonchev–Trinajstić information content (AvgIpc) is 2.20. The van der Waals surface area contributed by atoms with E-state index in [0.29, 0.717) is 18.1 Å². The van der Waals surface area contributed by atoms with Gasteiger partial charge in [-0.15, -0.1) is 6.58 Å². The molecular formula is C9H17N3OS. The summed E-state index contributed by atoms with van der Waals surface area (Å²) in [5, 5.41) is 3.23. The highest BCUT2D eigenvalue weighted by Crippen LogP contribution is 1.91. The topological polar surface area (TPSA) is 53.2 Å². The lowest BCUT2D eigenvalue weighted by atomic mass is 10.2. The van der Waals surface area contributed by atoms with Gasteiger partial charge in [0.15, 0.2) is 5.11 Å². The molecule has 0 bridgehead atoms. The zero-order valence-corrected chi connectivity index (χ0v) is 9.25. The standard InChI is InChI=1S/C9H17N3OS/c1-3-5-6-8(13)11-12-9(14)10-7-4-2/h4H,2-3,5-7H2,1H3,(H,11,13)(H2,10,12,14). The molecule has 0 saturated carbocycles. The normalized spacial score (nSPS) is 8.93. The van der Waals surface area contributed by atoms with Crippen molar-refractivity contribution in [2.75, 3.05) is 6.54 Å². The van der Waals surface area contributed by atoms with Crippen molar-refractivity contribution in [3.8, 4) is 0 Å². The maximum absolute atomic E-state index is 11.1. The van der Waals surface area contributed by atoms with Gasteiger partial charge in [-0.1, -0.05) is 19.4 Å². The SMILES string of the molecule is C=CCNC(=S)NNC(=O)CCCC. The minimum Gasteiger partial charge on any atom is -0.358 e. The first kappa shape index (κ1) is 12.9. The molecule has 0 aromatic rings. The number of hydrazine groups is 1. The number of carbonyl (C=O) groups excluding carboxylic acids is 1. The van der Waals surface area contributed by atoms with Crippen LogP contribution in [0.2, 0.25) is 0 Å². The molecule has 1 amide bonds. The van der Waals surface area contributed by atoms with Crippen molar-refractivity contribution in [2.24, 2.45) is 0 Å². The fraction of sp³-hybridized carbons (Fsp3) is 0.556. The van der Waals surface area contributed by atoms with Crippen LogP contribution in [-0.4, -0.2) is 17.6 Å². The predicted octanol–water partition coefficient (Wildman–Crippen LogP) is 0.858. The second-order valence-electron chi connectivity index (χ2n) is 2.78. The van der Waals surface area contributed by atoms with Gasteiger partial charge in [0.25, 0.3) is 0 Å². The van der Waals surface area contributed by atoms with Gasteiger partial charge >= 0.3 is 0 Å². The number of nitrogens with one attached hydrogen (secondary N) is 3. The van der Waals surface area contributed by atoms with E-state index in [4.69, 9.17) is 12.2 Å². The van der Waals surface area contributed by atoms with Gasteiger partial charge in [-0.3, -0.25) is 15.6 Å². The van der Waals surface area contributed by atoms with Crippen molar-refractivity contribution in [1.29, 1.82) is 0 Å². The third kappa shape index (κ3) is 7.54. The lowest BCUT2D eigenvalue weighted by Gasteiger charge is -2.09. The molecule has 0 unspecified atom stereocenters. The summed E-state index contributed by atoms with van der Waals surface area (Å²) in [5.41, 5.74) is 5.10. The molecule has 0 fully saturated rings. The Bertz CT molecular complexity index is 206. The summed E-state index contributed by atoms with van der Waals surface area (Å²) in [5.74, 6) is -0.0467. The molecule has 0 spiro atoms. The van der Waals surface area contributed by atoms with Crippen LogP contribution in [0.25, 0.3) is 0 Å². The van der Waals surface area contributed by atoms with E-state index in [1.807, 2.05) is 6.92 Å². The van der Waals surface area contributed by atoms with Crippen LogP contribution < -0.4 is 16.2 Å². The molecule has 14 heavy (non-hydrogen) atoms. The Morgan fingerprint density at radius 1 is 1.50 bits per heavy atom. The number of amides is 1. The maximum atomic E-state index is 11.1. The van der Waals surface area contributed by atoms with Crippen molar-refractivity contribution in [2.45, 2.75) is 26.2 Å². The zero-order chi connectivity index (χ0) is 10.8. The molecule has 4 nitrogen and oxygen atoms in total. The molecule has 0 aliphatic heterocycles. The van der Waals surface area contributed by atoms with Crippen LogP contribution in [0.4, 0.5) is 0 Å². The van der Waals surface area contributed by atoms with Crippen LogP contribution in [0.3, 0.4) is 0 Å². The average molecular weight is 215 g/mol. The van der Waals surface area contributed by atoms with Crippen molar-refractivity contribution in [3.05, 3.63) is 12.7 Å². The van der Waals surface area contributed by atoms with E-state index in [1.165, 1.54) is 0 Å². The van der Waals surface area contributed by atoms with Gasteiger partial charge in [0.05, 0.1) is 0 Å². The summed E-state index contributed by atoms with van der Waals surface area (Å²) >= 11 is 4.87. The van der Waals surface area contributed by atoms with Crippen LogP contribution in [0.1, 0.15) is 26.2 Å². The minimum atomic E-state index is -0.0467. The molecule has 3 N–H and O–H groups in total. The van der Waals surface area contributed by atoms with E-state index < -0.39 is 0 Å². The van der Waals surface area contributed by atoms with E-state index in [0.717, 1.165) is 12.8 Å². The van der Waals surface area contributed by atoms with Crippen LogP contribution in [0.15, 0.2) is 12.7 Å². The largest absolute Gasteiger partial charge is 0.358 e. The van der Waals surface area contributed by atoms with E-state index in [-0.39, 0.29) is 5.91 Å². The third-order valence-corrected chi connectivity index (χ3v) is 1.73. The summed E-state index contributed by atoms with van der Waals surface area (Å²) in [6, 6.07) is 0. The lowest BCUT2D eigenvalue weighted by molar-refractivity contribution is -0.121. The second kappa shape index (κ2) is 8.50. The third-order valence-electron chi connectivity index (χ3n) is 1.48. The minimum absolute atomic E-state index is 0.0467. The van der Waals surface area contributed by atoms with Gasteiger partial charge in [0.2, 0.25) is 5.91 Å². The van der Waals surface area contributed by atoms with E-state index in [1.54, 1.807) is 6.08 Å². The number of carbonyl (C=O) groups is 1. The molecule has 0 aromatic heterocycles. The summed E-state index contributed by atoms with van der Waals surface area (Å²) in [4.78, 5) is 11.1. The second-order valence-corrected chi connectivity index (χ2v) is 3.18. The Hall–Kier alpha value is -1.10. The molecule has 0 saturated heterocycles. The predicted molar refractivity (Wildman–Crippen MR) is 61.6 cm³/mol. The molecule has 0 rings (SSSR count). The monoisotopic (exact) mass is 215 g/mol. The molecule has 0 aliphatic carbocycles. The first-order chi connectivity index (χ1) is 6.70. The van der Waals surface area contributed by atoms with Crippen molar-refractivity contribution in [1.82, 2.24) is 16.2 Å². The van der Waals surface area contributed by atoms with Crippen LogP contribution in [0, 0.1) is 0 Å². The van der Waals surface area contributed by atoms with Gasteiger partial charge in [0.1, 0.15) is 0 Å². The highest BCUT2D eigenvalue weighted by molar-refractivity contribution is 7.80. The fourth-order valence-electron chi connectivity index (χ4n) is 0.735. The Morgan fingerprint density at radius 3 is 2.79 bits per heavy atom. The summed E-state index contributed by atoms with van der Waals surface area (Å²) in [6.45, 7) is 6.15. The van der Waals surface area contributed by atoms with Gasteiger partial charge < -0.3 is 5.32 Å². The summed E-state index contributed by atoms with van der Waals surface area (Å²) in [6.07, 6.45) is 4.10. The van der Waals surface area contributed by atoms with Crippen LogP contribution in [-0.2, 0) is 4.79 Å². The summed E-state index contributed by atoms with van der Waals surface area (Å²) in [7, 11) is 0. The molecular weight excluding hydrogens is 198 g/mol. The van der Waals surface area contributed by atoms with Gasteiger partial charge in [-0.05, 0) is 18.6 Å². The molecule has 5 heteroatoms. The first-order valence-corrected chi connectivity index (χ1v) is 5.05. The highest BCUT2D eigenvalue weighted by Gasteiger charge is 1.99. The smallest absolute Gasteiger partial charge is 0.238 e. The van der Waals surface area contributed by atoms with E-state index >= 15 is 0 Å². The van der Waals surface area contributed by atoms with Crippen molar-refractivity contribution >= 4 is 23.2 Å². The van der Waals surface area contributed by atoms with Crippen molar-refractivity contribution < 1.29 is 4.79 Å². The lowest BCUT2D eigenvalue weighted by Crippen LogP contribution is -2.46. The van der Waals surface area contributed by atoms with Gasteiger partial charge in [-0.25, -0.2) is 0 Å². The number of hydrogen-bond donors (Lipinski definition) is 3. The molecule has 0 atom stereocenters. The zero-order valence-electron chi connectivity index (χ0n) is 8.43. The highest BCUT2D eigenvalue weighted by atomic mass is 32.1. The van der Waals surface area contributed by atoms with Crippen molar-refractivity contribution in [3.63, 3.8) is 0 Å². The number of thiocarbonyl (C=S) groups is 1.